The predicted octanol–water partition coefficient (Wildman–Crippen LogP) is 2.33. The number of hydrogen-bond acceptors (Lipinski definition) is 3. The molecule has 1 rings (SSSR count). The maximum Gasteiger partial charge on any atom is 0.0991 e. The molecule has 0 N–H and O–H groups in total. The van der Waals surface area contributed by atoms with Crippen LogP contribution in [0.25, 0.3) is 0 Å². The maximum absolute atomic E-state index is 8.74. The van der Waals surface area contributed by atoms with Crippen LogP contribution in [0.3, 0.4) is 0 Å². The summed E-state index contributed by atoms with van der Waals surface area (Å²) >= 11 is 0. The van der Waals surface area contributed by atoms with Gasteiger partial charge in [-0.3, -0.25) is 9.98 Å². The number of hydrogen-bond donors (Lipinski definition) is 0. The van der Waals surface area contributed by atoms with Gasteiger partial charge in [0.15, 0.2) is 0 Å². The first-order valence-corrected chi connectivity index (χ1v) is 4.17. The van der Waals surface area contributed by atoms with Gasteiger partial charge in [0.05, 0.1) is 17.3 Å². The smallest absolute Gasteiger partial charge is 0.0991 e. The lowest BCUT2D eigenvalue weighted by Gasteiger charge is -2.04. The Morgan fingerprint density at radius 2 is 2.21 bits per heavy atom. The van der Waals surface area contributed by atoms with Crippen molar-refractivity contribution in [3.05, 3.63) is 29.3 Å². The number of nitriles is 1. The van der Waals surface area contributed by atoms with E-state index in [2.05, 4.69) is 22.8 Å². The molecule has 1 aromatic carbocycles. The van der Waals surface area contributed by atoms with Crippen LogP contribution in [-0.4, -0.2) is 19.5 Å². The molecule has 0 atom stereocenters. The van der Waals surface area contributed by atoms with Gasteiger partial charge in [0.25, 0.3) is 0 Å². The fraction of sp³-hybridized carbons (Fsp3) is 0.182. The van der Waals surface area contributed by atoms with E-state index in [0.29, 0.717) is 5.56 Å². The van der Waals surface area contributed by atoms with Crippen molar-refractivity contribution in [3.8, 4) is 6.07 Å². The Hall–Kier alpha value is -1.95. The van der Waals surface area contributed by atoms with Crippen molar-refractivity contribution in [1.82, 2.24) is 0 Å². The van der Waals surface area contributed by atoms with E-state index in [1.165, 1.54) is 0 Å². The van der Waals surface area contributed by atoms with Crippen LogP contribution < -0.4 is 0 Å². The fourth-order valence-corrected chi connectivity index (χ4v) is 1.15. The predicted molar refractivity (Wildman–Crippen MR) is 58.5 cm³/mol. The lowest BCUT2D eigenvalue weighted by Crippen LogP contribution is -1.95. The Bertz CT molecular complexity index is 425. The first-order chi connectivity index (χ1) is 6.72. The van der Waals surface area contributed by atoms with Crippen molar-refractivity contribution in [2.24, 2.45) is 9.98 Å². The van der Waals surface area contributed by atoms with Gasteiger partial charge in [-0.15, -0.1) is 0 Å². The summed E-state index contributed by atoms with van der Waals surface area (Å²) in [5.74, 6) is 0. The highest BCUT2D eigenvalue weighted by Crippen LogP contribution is 2.20. The number of nitrogens with zero attached hydrogens (tertiary/aromatic N) is 3. The van der Waals surface area contributed by atoms with E-state index in [9.17, 15) is 0 Å². The molecule has 0 radical (unpaired) electrons. The maximum atomic E-state index is 8.74. The summed E-state index contributed by atoms with van der Waals surface area (Å²) in [5, 5.41) is 8.74. The Morgan fingerprint density at radius 1 is 1.50 bits per heavy atom. The summed E-state index contributed by atoms with van der Waals surface area (Å²) in [6.45, 7) is 5.36. The summed E-state index contributed by atoms with van der Waals surface area (Å²) in [6, 6.07) is 7.34. The van der Waals surface area contributed by atoms with E-state index in [1.807, 2.05) is 6.92 Å². The van der Waals surface area contributed by atoms with Gasteiger partial charge in [-0.1, -0.05) is 0 Å². The van der Waals surface area contributed by atoms with E-state index in [0.717, 1.165) is 17.0 Å². The third-order valence-corrected chi connectivity index (χ3v) is 2.02. The zero-order valence-electron chi connectivity index (χ0n) is 8.28. The topological polar surface area (TPSA) is 48.5 Å². The monoisotopic (exact) mass is 185 g/mol. The van der Waals surface area contributed by atoms with Crippen molar-refractivity contribution in [2.45, 2.75) is 6.92 Å². The van der Waals surface area contributed by atoms with Crippen molar-refractivity contribution < 1.29 is 0 Å². The summed E-state index contributed by atoms with van der Waals surface area (Å²) in [6.07, 6.45) is 0. The van der Waals surface area contributed by atoms with Gasteiger partial charge in [0.2, 0.25) is 0 Å². The van der Waals surface area contributed by atoms with Crippen LogP contribution in [0.1, 0.15) is 18.1 Å². The van der Waals surface area contributed by atoms with Gasteiger partial charge in [-0.2, -0.15) is 5.26 Å². The molecule has 1 aromatic rings. The lowest BCUT2D eigenvalue weighted by molar-refractivity contribution is 1.39. The van der Waals surface area contributed by atoms with Gasteiger partial charge < -0.3 is 0 Å². The average Bonchev–Trinajstić information content (AvgIpc) is 2.27. The molecule has 0 bridgehead atoms. The Labute approximate surface area is 83.4 Å². The molecule has 70 valence electrons. The Morgan fingerprint density at radius 3 is 2.71 bits per heavy atom. The van der Waals surface area contributed by atoms with Gasteiger partial charge in [-0.25, -0.2) is 0 Å². The molecule has 3 heteroatoms. The highest BCUT2D eigenvalue weighted by Gasteiger charge is 2.04. The Kier molecular flexibility index (Phi) is 3.14. The van der Waals surface area contributed by atoms with Crippen LogP contribution in [0.15, 0.2) is 28.2 Å². The number of aliphatic imine (C=N–C) groups is 2. The highest BCUT2D eigenvalue weighted by molar-refractivity contribution is 6.03. The van der Waals surface area contributed by atoms with Crippen LogP contribution in [0.5, 0.6) is 0 Å². The molecule has 0 fully saturated rings. The lowest BCUT2D eigenvalue weighted by atomic mass is 10.1. The fourth-order valence-electron chi connectivity index (χ4n) is 1.15. The molecule has 0 saturated carbocycles. The van der Waals surface area contributed by atoms with E-state index >= 15 is 0 Å². The van der Waals surface area contributed by atoms with Crippen LogP contribution in [0, 0.1) is 11.3 Å². The highest BCUT2D eigenvalue weighted by atomic mass is 14.7. The second-order valence-corrected chi connectivity index (χ2v) is 2.81. The third-order valence-electron chi connectivity index (χ3n) is 2.02. The quantitative estimate of drug-likeness (QED) is 0.652. The molecule has 0 unspecified atom stereocenters. The molecule has 0 aromatic heterocycles. The average molecular weight is 185 g/mol. The minimum Gasteiger partial charge on any atom is -0.293 e. The molecule has 3 nitrogen and oxygen atoms in total. The summed E-state index contributed by atoms with van der Waals surface area (Å²) in [5.41, 5.74) is 3.08. The zero-order valence-corrected chi connectivity index (χ0v) is 8.28. The molecular weight excluding hydrogens is 174 g/mol. The molecule has 0 aliphatic carbocycles. The van der Waals surface area contributed by atoms with Crippen molar-refractivity contribution in [2.75, 3.05) is 7.05 Å². The second-order valence-electron chi connectivity index (χ2n) is 2.81. The molecule has 0 spiro atoms. The second kappa shape index (κ2) is 4.33. The van der Waals surface area contributed by atoms with E-state index < -0.39 is 0 Å². The standard InChI is InChI=1S/C11H11N3/c1-8(13-2)10-6-9(7-12)4-5-11(10)14-3/h4-6H,3H2,1-2H3. The van der Waals surface area contributed by atoms with Crippen molar-refractivity contribution in [3.63, 3.8) is 0 Å². The van der Waals surface area contributed by atoms with Crippen LogP contribution in [0.4, 0.5) is 5.69 Å². The minimum atomic E-state index is 0.607. The van der Waals surface area contributed by atoms with Gasteiger partial charge in [-0.05, 0) is 31.8 Å². The molecule has 0 saturated heterocycles. The largest absolute Gasteiger partial charge is 0.293 e. The number of benzene rings is 1. The Balaban J connectivity index is 3.38. The third kappa shape index (κ3) is 1.86. The molecule has 0 heterocycles. The van der Waals surface area contributed by atoms with E-state index in [4.69, 9.17) is 5.26 Å². The number of rotatable bonds is 2. The van der Waals surface area contributed by atoms with Crippen LogP contribution in [0.2, 0.25) is 0 Å². The van der Waals surface area contributed by atoms with Gasteiger partial charge in [0, 0.05) is 18.3 Å². The first kappa shape index (κ1) is 10.1. The summed E-state index contributed by atoms with van der Waals surface area (Å²) in [7, 11) is 1.71. The van der Waals surface area contributed by atoms with E-state index in [1.54, 1.807) is 25.2 Å². The molecule has 0 aliphatic rings. The first-order valence-electron chi connectivity index (χ1n) is 4.17. The van der Waals surface area contributed by atoms with Crippen LogP contribution in [-0.2, 0) is 0 Å². The molecular formula is C11H11N3. The normalized spacial score (nSPS) is 10.8. The molecule has 0 aliphatic heterocycles. The zero-order chi connectivity index (χ0) is 10.6. The molecule has 14 heavy (non-hydrogen) atoms. The summed E-state index contributed by atoms with van der Waals surface area (Å²) < 4.78 is 0. The van der Waals surface area contributed by atoms with Gasteiger partial charge >= 0.3 is 0 Å². The minimum absolute atomic E-state index is 0.607. The van der Waals surface area contributed by atoms with Gasteiger partial charge in [0.1, 0.15) is 0 Å². The van der Waals surface area contributed by atoms with E-state index in [-0.39, 0.29) is 0 Å². The van der Waals surface area contributed by atoms with Crippen molar-refractivity contribution >= 4 is 18.1 Å². The molecule has 0 amide bonds. The SMILES string of the molecule is C=Nc1ccc(C#N)cc1C(C)=NC. The van der Waals surface area contributed by atoms with Crippen molar-refractivity contribution in [1.29, 1.82) is 5.26 Å². The van der Waals surface area contributed by atoms with Crippen LogP contribution >= 0.6 is 0 Å². The summed E-state index contributed by atoms with van der Waals surface area (Å²) in [4.78, 5) is 7.94.